The lowest BCUT2D eigenvalue weighted by atomic mass is 10.2. The van der Waals surface area contributed by atoms with Gasteiger partial charge in [-0.05, 0) is 38.1 Å². The van der Waals surface area contributed by atoms with Gasteiger partial charge in [0.05, 0.1) is 30.9 Å². The number of benzene rings is 1. The predicted molar refractivity (Wildman–Crippen MR) is 89.6 cm³/mol. The number of ether oxygens (including phenoxy) is 1. The lowest BCUT2D eigenvalue weighted by Crippen LogP contribution is -2.13. The van der Waals surface area contributed by atoms with Crippen LogP contribution in [-0.4, -0.2) is 32.8 Å². The van der Waals surface area contributed by atoms with Gasteiger partial charge in [-0.3, -0.25) is 4.79 Å². The molecule has 2 aromatic heterocycles. The summed E-state index contributed by atoms with van der Waals surface area (Å²) in [7, 11) is 1.56. The molecule has 0 spiro atoms. The number of hydrogen-bond acceptors (Lipinski definition) is 5. The van der Waals surface area contributed by atoms with Gasteiger partial charge in [0, 0.05) is 11.3 Å². The van der Waals surface area contributed by atoms with E-state index in [0.29, 0.717) is 22.9 Å². The third-order valence-electron chi connectivity index (χ3n) is 3.43. The van der Waals surface area contributed by atoms with Crippen molar-refractivity contribution in [2.24, 2.45) is 0 Å². The molecule has 3 rings (SSSR count). The highest BCUT2D eigenvalue weighted by Crippen LogP contribution is 2.15. The number of aromatic nitrogens is 4. The minimum atomic E-state index is -0.253. The maximum Gasteiger partial charge on any atom is 0.255 e. The SMILES string of the molecule is COc1cccc(C(=O)Nc2cnc(-n3nc(C)cc3C)nc2)c1. The van der Waals surface area contributed by atoms with Crippen LogP contribution >= 0.6 is 0 Å². The van der Waals surface area contributed by atoms with Gasteiger partial charge >= 0.3 is 0 Å². The van der Waals surface area contributed by atoms with Crippen molar-refractivity contribution in [1.82, 2.24) is 19.7 Å². The molecule has 1 N–H and O–H groups in total. The van der Waals surface area contributed by atoms with Crippen molar-refractivity contribution in [2.45, 2.75) is 13.8 Å². The summed E-state index contributed by atoms with van der Waals surface area (Å²) in [6, 6.07) is 8.87. The molecule has 0 bridgehead atoms. The maximum absolute atomic E-state index is 12.3. The van der Waals surface area contributed by atoms with Crippen LogP contribution < -0.4 is 10.1 Å². The van der Waals surface area contributed by atoms with Crippen LogP contribution in [0, 0.1) is 13.8 Å². The molecule has 7 heteroatoms. The monoisotopic (exact) mass is 323 g/mol. The number of rotatable bonds is 4. The Kier molecular flexibility index (Phi) is 4.24. The summed E-state index contributed by atoms with van der Waals surface area (Å²) < 4.78 is 6.77. The van der Waals surface area contributed by atoms with E-state index >= 15 is 0 Å². The van der Waals surface area contributed by atoms with Gasteiger partial charge in [-0.1, -0.05) is 6.07 Å². The van der Waals surface area contributed by atoms with Gasteiger partial charge < -0.3 is 10.1 Å². The molecular formula is C17H17N5O2. The van der Waals surface area contributed by atoms with E-state index in [4.69, 9.17) is 4.74 Å². The van der Waals surface area contributed by atoms with E-state index in [1.165, 1.54) is 0 Å². The number of anilines is 1. The topological polar surface area (TPSA) is 81.9 Å². The summed E-state index contributed by atoms with van der Waals surface area (Å²) in [5.41, 5.74) is 2.84. The summed E-state index contributed by atoms with van der Waals surface area (Å²) in [6.07, 6.45) is 3.10. The van der Waals surface area contributed by atoms with Crippen LogP contribution in [0.4, 0.5) is 5.69 Å². The van der Waals surface area contributed by atoms with Gasteiger partial charge in [0.15, 0.2) is 0 Å². The smallest absolute Gasteiger partial charge is 0.255 e. The summed E-state index contributed by atoms with van der Waals surface area (Å²) in [6.45, 7) is 3.84. The normalized spacial score (nSPS) is 10.5. The molecule has 0 aliphatic carbocycles. The average molecular weight is 323 g/mol. The fourth-order valence-corrected chi connectivity index (χ4v) is 2.29. The van der Waals surface area contributed by atoms with Crippen LogP contribution in [0.25, 0.3) is 5.95 Å². The molecule has 1 aromatic carbocycles. The predicted octanol–water partition coefficient (Wildman–Crippen LogP) is 2.54. The minimum absolute atomic E-state index is 0.253. The second-order valence-corrected chi connectivity index (χ2v) is 5.30. The zero-order chi connectivity index (χ0) is 17.1. The molecule has 3 aromatic rings. The highest BCUT2D eigenvalue weighted by Gasteiger charge is 2.10. The quantitative estimate of drug-likeness (QED) is 0.798. The molecule has 0 aliphatic rings. The van der Waals surface area contributed by atoms with Gasteiger partial charge in [0.2, 0.25) is 0 Å². The zero-order valence-corrected chi connectivity index (χ0v) is 13.6. The molecule has 0 aliphatic heterocycles. The second-order valence-electron chi connectivity index (χ2n) is 5.30. The van der Waals surface area contributed by atoms with E-state index in [1.807, 2.05) is 19.9 Å². The summed E-state index contributed by atoms with van der Waals surface area (Å²) in [4.78, 5) is 20.8. The number of hydrogen-bond donors (Lipinski definition) is 1. The fourth-order valence-electron chi connectivity index (χ4n) is 2.29. The molecule has 0 saturated carbocycles. The Morgan fingerprint density at radius 1 is 1.17 bits per heavy atom. The third kappa shape index (κ3) is 3.24. The Hall–Kier alpha value is -3.22. The molecule has 2 heterocycles. The Morgan fingerprint density at radius 2 is 1.92 bits per heavy atom. The molecular weight excluding hydrogens is 306 g/mol. The van der Waals surface area contributed by atoms with Gasteiger partial charge in [-0.25, -0.2) is 14.6 Å². The number of carbonyl (C=O) groups excluding carboxylic acids is 1. The molecule has 24 heavy (non-hydrogen) atoms. The first-order chi connectivity index (χ1) is 11.6. The first-order valence-corrected chi connectivity index (χ1v) is 7.38. The first-order valence-electron chi connectivity index (χ1n) is 7.38. The van der Waals surface area contributed by atoms with Crippen molar-refractivity contribution in [3.8, 4) is 11.7 Å². The first kappa shape index (κ1) is 15.7. The van der Waals surface area contributed by atoms with E-state index < -0.39 is 0 Å². The number of aryl methyl sites for hydroxylation is 2. The maximum atomic E-state index is 12.3. The van der Waals surface area contributed by atoms with Crippen LogP contribution in [0.15, 0.2) is 42.7 Å². The molecule has 0 fully saturated rings. The largest absolute Gasteiger partial charge is 0.497 e. The molecule has 0 radical (unpaired) electrons. The molecule has 0 atom stereocenters. The lowest BCUT2D eigenvalue weighted by Gasteiger charge is -2.07. The van der Waals surface area contributed by atoms with Crippen LogP contribution in [0.3, 0.4) is 0 Å². The van der Waals surface area contributed by atoms with E-state index in [-0.39, 0.29) is 5.91 Å². The zero-order valence-electron chi connectivity index (χ0n) is 13.6. The Morgan fingerprint density at radius 3 is 2.54 bits per heavy atom. The van der Waals surface area contributed by atoms with Crippen LogP contribution in [-0.2, 0) is 0 Å². The highest BCUT2D eigenvalue weighted by atomic mass is 16.5. The number of amides is 1. The van der Waals surface area contributed by atoms with Gasteiger partial charge in [0.25, 0.3) is 11.9 Å². The molecule has 122 valence electrons. The number of carbonyl (C=O) groups is 1. The van der Waals surface area contributed by atoms with E-state index in [0.717, 1.165) is 11.4 Å². The van der Waals surface area contributed by atoms with Crippen LogP contribution in [0.2, 0.25) is 0 Å². The van der Waals surface area contributed by atoms with Crippen molar-refractivity contribution >= 4 is 11.6 Å². The number of nitrogens with one attached hydrogen (secondary N) is 1. The standard InChI is InChI=1S/C17H17N5O2/c1-11-7-12(2)22(21-11)17-18-9-14(10-19-17)20-16(23)13-5-4-6-15(8-13)24-3/h4-10H,1-3H3,(H,20,23). The second kappa shape index (κ2) is 6.49. The van der Waals surface area contributed by atoms with Crippen molar-refractivity contribution in [3.63, 3.8) is 0 Å². The van der Waals surface area contributed by atoms with Gasteiger partial charge in [0.1, 0.15) is 5.75 Å². The van der Waals surface area contributed by atoms with E-state index in [2.05, 4.69) is 20.4 Å². The Labute approximate surface area is 139 Å². The molecule has 1 amide bonds. The lowest BCUT2D eigenvalue weighted by molar-refractivity contribution is 0.102. The summed E-state index contributed by atoms with van der Waals surface area (Å²) in [5, 5.41) is 7.09. The highest BCUT2D eigenvalue weighted by molar-refractivity contribution is 6.04. The number of nitrogens with zero attached hydrogens (tertiary/aromatic N) is 4. The average Bonchev–Trinajstić information content (AvgIpc) is 2.94. The van der Waals surface area contributed by atoms with E-state index in [9.17, 15) is 4.79 Å². The molecule has 0 unspecified atom stereocenters. The van der Waals surface area contributed by atoms with E-state index in [1.54, 1.807) is 48.5 Å². The van der Waals surface area contributed by atoms with Gasteiger partial charge in [-0.15, -0.1) is 0 Å². The van der Waals surface area contributed by atoms with Crippen molar-refractivity contribution in [3.05, 3.63) is 59.7 Å². The molecule has 7 nitrogen and oxygen atoms in total. The Balaban J connectivity index is 1.76. The minimum Gasteiger partial charge on any atom is -0.497 e. The van der Waals surface area contributed by atoms with Crippen LogP contribution in [0.1, 0.15) is 21.7 Å². The van der Waals surface area contributed by atoms with Crippen molar-refractivity contribution in [2.75, 3.05) is 12.4 Å². The number of methoxy groups -OCH3 is 1. The van der Waals surface area contributed by atoms with Crippen LogP contribution in [0.5, 0.6) is 5.75 Å². The van der Waals surface area contributed by atoms with Crippen molar-refractivity contribution in [1.29, 1.82) is 0 Å². The molecule has 0 saturated heterocycles. The summed E-state index contributed by atoms with van der Waals surface area (Å²) in [5.74, 6) is 0.829. The summed E-state index contributed by atoms with van der Waals surface area (Å²) >= 11 is 0. The fraction of sp³-hybridized carbons (Fsp3) is 0.176. The Bertz CT molecular complexity index is 871. The third-order valence-corrected chi connectivity index (χ3v) is 3.43. The van der Waals surface area contributed by atoms with Gasteiger partial charge in [-0.2, -0.15) is 5.10 Å². The van der Waals surface area contributed by atoms with Crippen molar-refractivity contribution < 1.29 is 9.53 Å².